The van der Waals surface area contributed by atoms with Gasteiger partial charge in [0.2, 0.25) is 5.91 Å². The first-order valence-electron chi connectivity index (χ1n) is 4.89. The number of benzene rings is 1. The summed E-state index contributed by atoms with van der Waals surface area (Å²) in [6, 6.07) is 7.60. The van der Waals surface area contributed by atoms with E-state index in [9.17, 15) is 4.79 Å². The SMILES string of the molecule is CC(=O)NN1CSC=C1c1ccc(N)cc1. The molecule has 4 nitrogen and oxygen atoms in total. The molecular formula is C11H13N3OS. The van der Waals surface area contributed by atoms with Crippen LogP contribution in [0.5, 0.6) is 0 Å². The lowest BCUT2D eigenvalue weighted by Gasteiger charge is -2.21. The molecule has 5 heteroatoms. The van der Waals surface area contributed by atoms with Crippen LogP contribution in [-0.2, 0) is 4.79 Å². The van der Waals surface area contributed by atoms with Crippen molar-refractivity contribution in [2.45, 2.75) is 6.92 Å². The van der Waals surface area contributed by atoms with Crippen molar-refractivity contribution in [1.29, 1.82) is 0 Å². The van der Waals surface area contributed by atoms with Gasteiger partial charge >= 0.3 is 0 Å². The fourth-order valence-corrected chi connectivity index (χ4v) is 2.33. The van der Waals surface area contributed by atoms with Gasteiger partial charge in [-0.3, -0.25) is 15.2 Å². The Balaban J connectivity index is 2.19. The van der Waals surface area contributed by atoms with Gasteiger partial charge in [0, 0.05) is 18.2 Å². The van der Waals surface area contributed by atoms with Crippen LogP contribution in [0.3, 0.4) is 0 Å². The molecule has 1 aromatic rings. The first kappa shape index (κ1) is 10.9. The molecule has 1 amide bonds. The zero-order valence-corrected chi connectivity index (χ0v) is 9.75. The van der Waals surface area contributed by atoms with Crippen LogP contribution in [-0.4, -0.2) is 16.8 Å². The molecule has 0 bridgehead atoms. The highest BCUT2D eigenvalue weighted by atomic mass is 32.2. The van der Waals surface area contributed by atoms with Gasteiger partial charge in [-0.05, 0) is 17.5 Å². The molecule has 3 N–H and O–H groups in total. The Bertz CT molecular complexity index is 427. The molecule has 0 saturated heterocycles. The van der Waals surface area contributed by atoms with Gasteiger partial charge in [0.25, 0.3) is 0 Å². The monoisotopic (exact) mass is 235 g/mol. The van der Waals surface area contributed by atoms with E-state index in [4.69, 9.17) is 5.73 Å². The lowest BCUT2D eigenvalue weighted by atomic mass is 10.1. The highest BCUT2D eigenvalue weighted by Crippen LogP contribution is 2.29. The summed E-state index contributed by atoms with van der Waals surface area (Å²) in [5, 5.41) is 3.86. The van der Waals surface area contributed by atoms with Gasteiger partial charge in [-0.15, -0.1) is 11.8 Å². The Morgan fingerprint density at radius 2 is 2.12 bits per heavy atom. The number of hydrogen-bond donors (Lipinski definition) is 2. The standard InChI is InChI=1S/C11H13N3OS/c1-8(15)13-14-7-16-6-11(14)9-2-4-10(12)5-3-9/h2-6H,7,12H2,1H3,(H,13,15). The Hall–Kier alpha value is -1.62. The van der Waals surface area contributed by atoms with Crippen LogP contribution in [0.4, 0.5) is 5.69 Å². The van der Waals surface area contributed by atoms with Gasteiger partial charge in [-0.2, -0.15) is 0 Å². The lowest BCUT2D eigenvalue weighted by Crippen LogP contribution is -2.37. The number of hydrogen-bond acceptors (Lipinski definition) is 4. The number of nitrogen functional groups attached to an aromatic ring is 1. The first-order valence-corrected chi connectivity index (χ1v) is 5.94. The van der Waals surface area contributed by atoms with Crippen molar-refractivity contribution in [3.8, 4) is 0 Å². The van der Waals surface area contributed by atoms with E-state index in [2.05, 4.69) is 5.43 Å². The summed E-state index contributed by atoms with van der Waals surface area (Å²) in [4.78, 5) is 11.0. The van der Waals surface area contributed by atoms with Crippen molar-refractivity contribution in [2.75, 3.05) is 11.6 Å². The maximum Gasteiger partial charge on any atom is 0.235 e. The molecule has 2 rings (SSSR count). The third kappa shape index (κ3) is 2.30. The number of nitrogens with zero attached hydrogens (tertiary/aromatic N) is 1. The number of nitrogens with one attached hydrogen (secondary N) is 1. The normalized spacial score (nSPS) is 14.8. The van der Waals surface area contributed by atoms with E-state index in [1.54, 1.807) is 11.8 Å². The molecule has 0 aliphatic carbocycles. The zero-order valence-electron chi connectivity index (χ0n) is 8.93. The van der Waals surface area contributed by atoms with Crippen molar-refractivity contribution in [1.82, 2.24) is 10.4 Å². The number of thioether (sulfide) groups is 1. The van der Waals surface area contributed by atoms with Crippen LogP contribution >= 0.6 is 11.8 Å². The highest BCUT2D eigenvalue weighted by Gasteiger charge is 2.17. The Labute approximate surface area is 98.5 Å². The molecule has 1 heterocycles. The van der Waals surface area contributed by atoms with Gasteiger partial charge in [-0.1, -0.05) is 12.1 Å². The molecule has 0 radical (unpaired) electrons. The minimum atomic E-state index is -0.0659. The van der Waals surface area contributed by atoms with Crippen LogP contribution in [0, 0.1) is 0 Å². The summed E-state index contributed by atoms with van der Waals surface area (Å²) >= 11 is 1.65. The fourth-order valence-electron chi connectivity index (χ4n) is 1.48. The van der Waals surface area contributed by atoms with Gasteiger partial charge in [0.05, 0.1) is 11.6 Å². The topological polar surface area (TPSA) is 58.4 Å². The van der Waals surface area contributed by atoms with E-state index in [-0.39, 0.29) is 5.91 Å². The van der Waals surface area contributed by atoms with Crippen LogP contribution in [0.25, 0.3) is 5.70 Å². The Morgan fingerprint density at radius 1 is 1.44 bits per heavy atom. The molecule has 1 aliphatic heterocycles. The molecule has 0 fully saturated rings. The second-order valence-electron chi connectivity index (χ2n) is 3.52. The predicted octanol–water partition coefficient (Wildman–Crippen LogP) is 1.62. The third-order valence-corrected chi connectivity index (χ3v) is 2.99. The predicted molar refractivity (Wildman–Crippen MR) is 66.9 cm³/mol. The number of amides is 1. The van der Waals surface area contributed by atoms with E-state index in [1.807, 2.05) is 34.7 Å². The van der Waals surface area contributed by atoms with E-state index in [0.29, 0.717) is 0 Å². The quantitative estimate of drug-likeness (QED) is 0.765. The van der Waals surface area contributed by atoms with E-state index in [0.717, 1.165) is 22.8 Å². The lowest BCUT2D eigenvalue weighted by molar-refractivity contribution is -0.122. The first-order chi connectivity index (χ1) is 7.66. The molecule has 1 aromatic carbocycles. The molecular weight excluding hydrogens is 222 g/mol. The molecule has 16 heavy (non-hydrogen) atoms. The van der Waals surface area contributed by atoms with Crippen LogP contribution < -0.4 is 11.2 Å². The van der Waals surface area contributed by atoms with Crippen LogP contribution in [0.2, 0.25) is 0 Å². The summed E-state index contributed by atoms with van der Waals surface area (Å²) < 4.78 is 0. The average Bonchev–Trinajstić information content (AvgIpc) is 2.66. The van der Waals surface area contributed by atoms with Gasteiger partial charge < -0.3 is 5.73 Å². The minimum absolute atomic E-state index is 0.0659. The smallest absolute Gasteiger partial charge is 0.235 e. The summed E-state index contributed by atoms with van der Waals surface area (Å²) in [5.74, 6) is 0.670. The van der Waals surface area contributed by atoms with E-state index < -0.39 is 0 Å². The summed E-state index contributed by atoms with van der Waals surface area (Å²) in [5.41, 5.74) is 11.2. The zero-order chi connectivity index (χ0) is 11.5. The molecule has 0 unspecified atom stereocenters. The van der Waals surface area contributed by atoms with E-state index in [1.165, 1.54) is 6.92 Å². The number of rotatable bonds is 2. The van der Waals surface area contributed by atoms with Crippen molar-refractivity contribution < 1.29 is 4.79 Å². The molecule has 1 aliphatic rings. The van der Waals surface area contributed by atoms with Gasteiger partial charge in [0.15, 0.2) is 0 Å². The Kier molecular flexibility index (Phi) is 3.05. The maximum absolute atomic E-state index is 11.0. The summed E-state index contributed by atoms with van der Waals surface area (Å²) in [6.45, 7) is 1.50. The molecule has 0 spiro atoms. The van der Waals surface area contributed by atoms with E-state index >= 15 is 0 Å². The summed E-state index contributed by atoms with van der Waals surface area (Å²) in [7, 11) is 0. The number of carbonyl (C=O) groups excluding carboxylic acids is 1. The maximum atomic E-state index is 11.0. The second kappa shape index (κ2) is 4.49. The van der Waals surface area contributed by atoms with Gasteiger partial charge in [-0.25, -0.2) is 0 Å². The van der Waals surface area contributed by atoms with Crippen molar-refractivity contribution in [3.63, 3.8) is 0 Å². The molecule has 0 atom stereocenters. The third-order valence-electron chi connectivity index (χ3n) is 2.19. The van der Waals surface area contributed by atoms with Crippen molar-refractivity contribution in [3.05, 3.63) is 35.2 Å². The highest BCUT2D eigenvalue weighted by molar-refractivity contribution is 8.02. The Morgan fingerprint density at radius 3 is 2.75 bits per heavy atom. The second-order valence-corrected chi connectivity index (χ2v) is 4.34. The number of hydrazine groups is 1. The largest absolute Gasteiger partial charge is 0.399 e. The minimum Gasteiger partial charge on any atom is -0.399 e. The van der Waals surface area contributed by atoms with Gasteiger partial charge in [0.1, 0.15) is 0 Å². The molecule has 84 valence electrons. The summed E-state index contributed by atoms with van der Waals surface area (Å²) in [6.07, 6.45) is 0. The average molecular weight is 235 g/mol. The van der Waals surface area contributed by atoms with Crippen LogP contribution in [0.1, 0.15) is 12.5 Å². The van der Waals surface area contributed by atoms with Crippen molar-refractivity contribution in [2.24, 2.45) is 0 Å². The fraction of sp³-hybridized carbons (Fsp3) is 0.182. The number of nitrogens with two attached hydrogens (primary N) is 1. The molecule has 0 aromatic heterocycles. The number of carbonyl (C=O) groups is 1. The van der Waals surface area contributed by atoms with Crippen molar-refractivity contribution >= 4 is 29.1 Å². The number of anilines is 1. The molecule has 0 saturated carbocycles. The van der Waals surface area contributed by atoms with Crippen LogP contribution in [0.15, 0.2) is 29.7 Å².